The minimum Gasteiger partial charge on any atom is -0.467 e. The van der Waals surface area contributed by atoms with Crippen molar-refractivity contribution in [3.63, 3.8) is 0 Å². The molecule has 0 spiro atoms. The number of methoxy groups -OCH3 is 1. The standard InChI is InChI=1S/C19H25NO4/c1-5-11(3)19(20,18(23)24-4)17(22)15-10-12(6-2)9-14-13(15)7-8-16(14)21/h9-11H,5-8,20H2,1-4H3. The van der Waals surface area contributed by atoms with Crippen molar-refractivity contribution in [2.45, 2.75) is 52.0 Å². The van der Waals surface area contributed by atoms with E-state index in [1.165, 1.54) is 7.11 Å². The van der Waals surface area contributed by atoms with E-state index in [0.29, 0.717) is 42.4 Å². The minimum atomic E-state index is -1.74. The van der Waals surface area contributed by atoms with Crippen LogP contribution in [0.5, 0.6) is 0 Å². The summed E-state index contributed by atoms with van der Waals surface area (Å²) >= 11 is 0. The Bertz CT molecular complexity index is 695. The van der Waals surface area contributed by atoms with E-state index >= 15 is 0 Å². The van der Waals surface area contributed by atoms with Crippen molar-refractivity contribution < 1.29 is 19.1 Å². The number of benzene rings is 1. The highest BCUT2D eigenvalue weighted by molar-refractivity contribution is 6.18. The fraction of sp³-hybridized carbons (Fsp3) is 0.526. The fourth-order valence-corrected chi connectivity index (χ4v) is 3.26. The van der Waals surface area contributed by atoms with Gasteiger partial charge in [0, 0.05) is 17.5 Å². The van der Waals surface area contributed by atoms with Crippen LogP contribution in [0.4, 0.5) is 0 Å². The highest BCUT2D eigenvalue weighted by Crippen LogP contribution is 2.32. The Morgan fingerprint density at radius 2 is 1.96 bits per heavy atom. The summed E-state index contributed by atoms with van der Waals surface area (Å²) in [5, 5.41) is 0. The summed E-state index contributed by atoms with van der Waals surface area (Å²) in [5.74, 6) is -1.53. The van der Waals surface area contributed by atoms with E-state index in [0.717, 1.165) is 5.56 Å². The monoisotopic (exact) mass is 331 g/mol. The molecule has 24 heavy (non-hydrogen) atoms. The molecule has 5 heteroatoms. The number of fused-ring (bicyclic) bond motifs is 1. The molecule has 0 saturated heterocycles. The zero-order valence-corrected chi connectivity index (χ0v) is 14.8. The molecule has 0 fully saturated rings. The van der Waals surface area contributed by atoms with Gasteiger partial charge in [-0.2, -0.15) is 0 Å². The van der Waals surface area contributed by atoms with Crippen LogP contribution in [0, 0.1) is 5.92 Å². The third-order valence-corrected chi connectivity index (χ3v) is 5.15. The van der Waals surface area contributed by atoms with Crippen LogP contribution in [0.15, 0.2) is 12.1 Å². The number of ketones is 2. The minimum absolute atomic E-state index is 0.0404. The zero-order chi connectivity index (χ0) is 18.1. The molecular weight excluding hydrogens is 306 g/mol. The molecule has 0 bridgehead atoms. The maximum absolute atomic E-state index is 13.3. The van der Waals surface area contributed by atoms with Crippen molar-refractivity contribution in [1.82, 2.24) is 0 Å². The zero-order valence-electron chi connectivity index (χ0n) is 14.8. The second-order valence-electron chi connectivity index (χ2n) is 6.45. The van der Waals surface area contributed by atoms with Gasteiger partial charge in [-0.25, -0.2) is 4.79 Å². The molecule has 0 aromatic heterocycles. The summed E-state index contributed by atoms with van der Waals surface area (Å²) in [7, 11) is 1.23. The molecule has 0 aliphatic heterocycles. The summed E-state index contributed by atoms with van der Waals surface area (Å²) in [5.41, 5.74) is 7.14. The smallest absolute Gasteiger partial charge is 0.334 e. The largest absolute Gasteiger partial charge is 0.467 e. The van der Waals surface area contributed by atoms with Crippen LogP contribution < -0.4 is 5.73 Å². The molecule has 0 heterocycles. The summed E-state index contributed by atoms with van der Waals surface area (Å²) in [6, 6.07) is 3.62. The van der Waals surface area contributed by atoms with Crippen molar-refractivity contribution in [2.75, 3.05) is 7.11 Å². The first-order chi connectivity index (χ1) is 11.3. The SMILES string of the molecule is CCc1cc2c(c(C(=O)C(N)(C(=O)OC)C(C)CC)c1)CCC2=O. The first-order valence-corrected chi connectivity index (χ1v) is 8.42. The Hall–Kier alpha value is -2.01. The summed E-state index contributed by atoms with van der Waals surface area (Å²) in [4.78, 5) is 37.7. The van der Waals surface area contributed by atoms with Crippen LogP contribution in [0.3, 0.4) is 0 Å². The second kappa shape index (κ2) is 6.85. The van der Waals surface area contributed by atoms with Gasteiger partial charge >= 0.3 is 5.97 Å². The van der Waals surface area contributed by atoms with E-state index in [9.17, 15) is 14.4 Å². The van der Waals surface area contributed by atoms with Crippen molar-refractivity contribution in [3.8, 4) is 0 Å². The second-order valence-corrected chi connectivity index (χ2v) is 6.45. The average Bonchev–Trinajstić information content (AvgIpc) is 2.98. The fourth-order valence-electron chi connectivity index (χ4n) is 3.26. The van der Waals surface area contributed by atoms with E-state index < -0.39 is 17.3 Å². The number of hydrogen-bond donors (Lipinski definition) is 1. The number of carbonyl (C=O) groups is 3. The van der Waals surface area contributed by atoms with E-state index in [1.807, 2.05) is 19.9 Å². The van der Waals surface area contributed by atoms with Gasteiger partial charge in [0.2, 0.25) is 0 Å². The molecule has 5 nitrogen and oxygen atoms in total. The van der Waals surface area contributed by atoms with Crippen LogP contribution in [0.1, 0.15) is 65.5 Å². The Labute approximate surface area is 142 Å². The first-order valence-electron chi connectivity index (χ1n) is 8.42. The third-order valence-electron chi connectivity index (χ3n) is 5.15. The quantitative estimate of drug-likeness (QED) is 0.491. The van der Waals surface area contributed by atoms with Crippen LogP contribution in [0.25, 0.3) is 0 Å². The van der Waals surface area contributed by atoms with Crippen molar-refractivity contribution in [3.05, 3.63) is 34.4 Å². The topological polar surface area (TPSA) is 86.5 Å². The number of rotatable bonds is 6. The van der Waals surface area contributed by atoms with Gasteiger partial charge in [-0.3, -0.25) is 9.59 Å². The molecule has 2 atom stereocenters. The molecule has 0 saturated carbocycles. The molecule has 1 aliphatic carbocycles. The predicted octanol–water partition coefficient (Wildman–Crippen LogP) is 2.48. The Morgan fingerprint density at radius 1 is 1.29 bits per heavy atom. The third kappa shape index (κ3) is 2.77. The van der Waals surface area contributed by atoms with Crippen LogP contribution in [-0.4, -0.2) is 30.2 Å². The maximum atomic E-state index is 13.3. The highest BCUT2D eigenvalue weighted by atomic mass is 16.5. The van der Waals surface area contributed by atoms with E-state index in [-0.39, 0.29) is 11.7 Å². The number of carbonyl (C=O) groups excluding carboxylic acids is 3. The van der Waals surface area contributed by atoms with Gasteiger partial charge in [-0.05, 0) is 42.0 Å². The molecule has 1 aromatic rings. The van der Waals surface area contributed by atoms with Crippen molar-refractivity contribution in [1.29, 1.82) is 0 Å². The molecule has 0 radical (unpaired) electrons. The van der Waals surface area contributed by atoms with E-state index in [2.05, 4.69) is 0 Å². The van der Waals surface area contributed by atoms with Gasteiger partial charge in [-0.1, -0.05) is 27.2 Å². The number of hydrogen-bond acceptors (Lipinski definition) is 5. The number of Topliss-reactive ketones (excluding diaryl/α,β-unsaturated/α-hetero) is 2. The normalized spacial score (nSPS) is 17.1. The lowest BCUT2D eigenvalue weighted by molar-refractivity contribution is -0.146. The lowest BCUT2D eigenvalue weighted by atomic mass is 9.76. The number of ether oxygens (including phenoxy) is 1. The first kappa shape index (κ1) is 18.3. The summed E-state index contributed by atoms with van der Waals surface area (Å²) in [6.07, 6.45) is 2.16. The molecule has 2 rings (SSSR count). The molecule has 1 aromatic carbocycles. The molecule has 2 N–H and O–H groups in total. The number of esters is 1. The molecular formula is C19H25NO4. The van der Waals surface area contributed by atoms with Crippen LogP contribution in [0.2, 0.25) is 0 Å². The van der Waals surface area contributed by atoms with Gasteiger partial charge in [0.05, 0.1) is 7.11 Å². The number of nitrogens with two attached hydrogens (primary N) is 1. The Balaban J connectivity index is 2.63. The lowest BCUT2D eigenvalue weighted by Gasteiger charge is -2.31. The van der Waals surface area contributed by atoms with Gasteiger partial charge < -0.3 is 10.5 Å². The summed E-state index contributed by atoms with van der Waals surface area (Å²) in [6.45, 7) is 5.60. The highest BCUT2D eigenvalue weighted by Gasteiger charge is 2.48. The molecule has 130 valence electrons. The maximum Gasteiger partial charge on any atom is 0.334 e. The van der Waals surface area contributed by atoms with Gasteiger partial charge in [0.1, 0.15) is 0 Å². The molecule has 2 unspecified atom stereocenters. The van der Waals surface area contributed by atoms with Gasteiger partial charge in [-0.15, -0.1) is 0 Å². The predicted molar refractivity (Wildman–Crippen MR) is 91.2 cm³/mol. The number of aryl methyl sites for hydroxylation is 1. The van der Waals surface area contributed by atoms with E-state index in [4.69, 9.17) is 10.5 Å². The average molecular weight is 331 g/mol. The van der Waals surface area contributed by atoms with Gasteiger partial charge in [0.25, 0.3) is 0 Å². The molecule has 1 aliphatic rings. The molecule has 0 amide bonds. The van der Waals surface area contributed by atoms with Crippen molar-refractivity contribution in [2.24, 2.45) is 11.7 Å². The van der Waals surface area contributed by atoms with Crippen molar-refractivity contribution >= 4 is 17.5 Å². The van der Waals surface area contributed by atoms with E-state index in [1.54, 1.807) is 13.0 Å². The van der Waals surface area contributed by atoms with Crippen LogP contribution >= 0.6 is 0 Å². The summed E-state index contributed by atoms with van der Waals surface area (Å²) < 4.78 is 4.83. The van der Waals surface area contributed by atoms with Gasteiger partial charge in [0.15, 0.2) is 17.1 Å². The Kier molecular flexibility index (Phi) is 5.23. The Morgan fingerprint density at radius 3 is 2.50 bits per heavy atom. The van der Waals surface area contributed by atoms with Crippen LogP contribution in [-0.2, 0) is 22.4 Å². The lowest BCUT2D eigenvalue weighted by Crippen LogP contribution is -2.60.